The molecule has 2 heterocycles. The lowest BCUT2D eigenvalue weighted by molar-refractivity contribution is 0.394. The molecule has 1 N–H and O–H groups in total. The maximum Gasteiger partial charge on any atom is 0.162 e. The highest BCUT2D eigenvalue weighted by atomic mass is 16.5. The first-order valence-electron chi connectivity index (χ1n) is 7.53. The Balaban J connectivity index is 2.45. The summed E-state index contributed by atoms with van der Waals surface area (Å²) in [7, 11) is 3.70. The number of nitrogens with zero attached hydrogens (tertiary/aromatic N) is 4. The number of hydrogen-bond donors (Lipinski definition) is 1. The van der Waals surface area contributed by atoms with Gasteiger partial charge in [-0.1, -0.05) is 13.8 Å². The number of imidazole rings is 1. The van der Waals surface area contributed by atoms with Crippen LogP contribution in [0.2, 0.25) is 0 Å². The van der Waals surface area contributed by atoms with Gasteiger partial charge >= 0.3 is 0 Å². The highest BCUT2D eigenvalue weighted by Gasteiger charge is 2.25. The average molecular weight is 291 g/mol. The van der Waals surface area contributed by atoms with Crippen molar-refractivity contribution in [2.45, 2.75) is 39.3 Å². The molecule has 0 saturated carbocycles. The third-order valence-corrected chi connectivity index (χ3v) is 3.49. The summed E-state index contributed by atoms with van der Waals surface area (Å²) in [6.07, 6.45) is 7.66. The number of aryl methyl sites for hydroxylation is 2. The zero-order valence-electron chi connectivity index (χ0n) is 13.3. The predicted octanol–water partition coefficient (Wildman–Crippen LogP) is 2.12. The SMILES string of the molecule is CCCNC(c1nccn1C)c1c(OC)cnn1CCC. The molecule has 0 bridgehead atoms. The Morgan fingerprint density at radius 3 is 2.71 bits per heavy atom. The summed E-state index contributed by atoms with van der Waals surface area (Å²) in [4.78, 5) is 4.51. The lowest BCUT2D eigenvalue weighted by Gasteiger charge is -2.21. The van der Waals surface area contributed by atoms with E-state index in [0.717, 1.165) is 43.2 Å². The topological polar surface area (TPSA) is 56.9 Å². The molecule has 2 rings (SSSR count). The van der Waals surface area contributed by atoms with Crippen molar-refractivity contribution in [3.63, 3.8) is 0 Å². The molecule has 6 heteroatoms. The molecule has 116 valence electrons. The number of hydrogen-bond acceptors (Lipinski definition) is 4. The monoisotopic (exact) mass is 291 g/mol. The highest BCUT2D eigenvalue weighted by molar-refractivity contribution is 5.32. The third-order valence-electron chi connectivity index (χ3n) is 3.49. The Kier molecular flexibility index (Phi) is 5.38. The number of methoxy groups -OCH3 is 1. The van der Waals surface area contributed by atoms with Gasteiger partial charge in [0, 0.05) is 26.0 Å². The molecule has 1 atom stereocenters. The Hall–Kier alpha value is -1.82. The van der Waals surface area contributed by atoms with Gasteiger partial charge in [0.15, 0.2) is 5.75 Å². The number of ether oxygens (including phenoxy) is 1. The molecule has 0 aliphatic heterocycles. The van der Waals surface area contributed by atoms with Crippen LogP contribution in [0.25, 0.3) is 0 Å². The van der Waals surface area contributed by atoms with Gasteiger partial charge in [0.1, 0.15) is 17.6 Å². The van der Waals surface area contributed by atoms with Crippen molar-refractivity contribution in [1.82, 2.24) is 24.6 Å². The van der Waals surface area contributed by atoms with Crippen molar-refractivity contribution in [3.8, 4) is 5.75 Å². The van der Waals surface area contributed by atoms with Crippen LogP contribution in [-0.4, -0.2) is 33.0 Å². The average Bonchev–Trinajstić information content (AvgIpc) is 3.08. The molecule has 0 aliphatic carbocycles. The Morgan fingerprint density at radius 2 is 2.14 bits per heavy atom. The summed E-state index contributed by atoms with van der Waals surface area (Å²) >= 11 is 0. The zero-order chi connectivity index (χ0) is 15.2. The second-order valence-corrected chi connectivity index (χ2v) is 5.10. The van der Waals surface area contributed by atoms with E-state index >= 15 is 0 Å². The van der Waals surface area contributed by atoms with E-state index in [9.17, 15) is 0 Å². The summed E-state index contributed by atoms with van der Waals surface area (Å²) in [6.45, 7) is 6.08. The number of aromatic nitrogens is 4. The molecular weight excluding hydrogens is 266 g/mol. The first-order valence-corrected chi connectivity index (χ1v) is 7.53. The molecule has 1 unspecified atom stereocenters. The maximum atomic E-state index is 5.51. The Labute approximate surface area is 126 Å². The molecular formula is C15H25N5O. The van der Waals surface area contributed by atoms with E-state index in [4.69, 9.17) is 4.74 Å². The zero-order valence-corrected chi connectivity index (χ0v) is 13.3. The summed E-state index contributed by atoms with van der Waals surface area (Å²) in [6, 6.07) is -0.0195. The van der Waals surface area contributed by atoms with E-state index in [-0.39, 0.29) is 6.04 Å². The summed E-state index contributed by atoms with van der Waals surface area (Å²) in [5, 5.41) is 8.02. The van der Waals surface area contributed by atoms with Crippen LogP contribution in [0.4, 0.5) is 0 Å². The summed E-state index contributed by atoms with van der Waals surface area (Å²) < 4.78 is 9.56. The fourth-order valence-corrected chi connectivity index (χ4v) is 2.47. The third kappa shape index (κ3) is 3.26. The summed E-state index contributed by atoms with van der Waals surface area (Å²) in [5.41, 5.74) is 1.04. The molecule has 21 heavy (non-hydrogen) atoms. The van der Waals surface area contributed by atoms with Gasteiger partial charge in [-0.2, -0.15) is 5.10 Å². The quantitative estimate of drug-likeness (QED) is 0.809. The van der Waals surface area contributed by atoms with Crippen molar-refractivity contribution in [3.05, 3.63) is 30.1 Å². The molecule has 0 amide bonds. The van der Waals surface area contributed by atoms with E-state index in [0.29, 0.717) is 0 Å². The van der Waals surface area contributed by atoms with E-state index in [1.54, 1.807) is 13.3 Å². The second kappa shape index (κ2) is 7.26. The molecule has 0 aliphatic rings. The van der Waals surface area contributed by atoms with Crippen molar-refractivity contribution in [1.29, 1.82) is 0 Å². The molecule has 2 aromatic rings. The van der Waals surface area contributed by atoms with Gasteiger partial charge in [-0.3, -0.25) is 4.68 Å². The number of rotatable bonds is 8. The first-order chi connectivity index (χ1) is 10.2. The van der Waals surface area contributed by atoms with Gasteiger partial charge in [0.25, 0.3) is 0 Å². The second-order valence-electron chi connectivity index (χ2n) is 5.10. The maximum absolute atomic E-state index is 5.51. The van der Waals surface area contributed by atoms with Crippen LogP contribution < -0.4 is 10.1 Å². The van der Waals surface area contributed by atoms with Crippen molar-refractivity contribution in [2.75, 3.05) is 13.7 Å². The van der Waals surface area contributed by atoms with Gasteiger partial charge in [-0.25, -0.2) is 4.98 Å². The van der Waals surface area contributed by atoms with Gasteiger partial charge in [0.05, 0.1) is 13.3 Å². The van der Waals surface area contributed by atoms with Crippen LogP contribution in [-0.2, 0) is 13.6 Å². The fraction of sp³-hybridized carbons (Fsp3) is 0.600. The van der Waals surface area contributed by atoms with Crippen molar-refractivity contribution in [2.24, 2.45) is 7.05 Å². The minimum absolute atomic E-state index is 0.0195. The minimum Gasteiger partial charge on any atom is -0.493 e. The van der Waals surface area contributed by atoms with Gasteiger partial charge in [0.2, 0.25) is 0 Å². The Bertz CT molecular complexity index is 560. The van der Waals surface area contributed by atoms with Crippen LogP contribution >= 0.6 is 0 Å². The van der Waals surface area contributed by atoms with Crippen molar-refractivity contribution >= 4 is 0 Å². The summed E-state index contributed by atoms with van der Waals surface area (Å²) in [5.74, 6) is 1.78. The van der Waals surface area contributed by atoms with E-state index < -0.39 is 0 Å². The van der Waals surface area contributed by atoms with E-state index in [1.807, 2.05) is 28.7 Å². The smallest absolute Gasteiger partial charge is 0.162 e. The van der Waals surface area contributed by atoms with Crippen LogP contribution in [0.5, 0.6) is 5.75 Å². The molecule has 0 fully saturated rings. The molecule has 0 aromatic carbocycles. The lowest BCUT2D eigenvalue weighted by atomic mass is 10.1. The number of nitrogens with one attached hydrogen (secondary N) is 1. The normalized spacial score (nSPS) is 12.6. The Morgan fingerprint density at radius 1 is 1.33 bits per heavy atom. The van der Waals surface area contributed by atoms with E-state index in [2.05, 4.69) is 29.2 Å². The van der Waals surface area contributed by atoms with Crippen LogP contribution in [0.15, 0.2) is 18.6 Å². The van der Waals surface area contributed by atoms with E-state index in [1.165, 1.54) is 0 Å². The standard InChI is InChI=1S/C15H25N5O/c1-5-7-16-13(15-17-8-10-19(15)3)14-12(21-4)11-18-20(14)9-6-2/h8,10-11,13,16H,5-7,9H2,1-4H3. The molecule has 0 radical (unpaired) electrons. The highest BCUT2D eigenvalue weighted by Crippen LogP contribution is 2.29. The van der Waals surface area contributed by atoms with Crippen LogP contribution in [0.3, 0.4) is 0 Å². The minimum atomic E-state index is -0.0195. The predicted molar refractivity (Wildman–Crippen MR) is 82.4 cm³/mol. The van der Waals surface area contributed by atoms with Gasteiger partial charge < -0.3 is 14.6 Å². The van der Waals surface area contributed by atoms with Gasteiger partial charge in [-0.15, -0.1) is 0 Å². The molecule has 2 aromatic heterocycles. The largest absolute Gasteiger partial charge is 0.493 e. The molecule has 6 nitrogen and oxygen atoms in total. The van der Waals surface area contributed by atoms with Crippen LogP contribution in [0, 0.1) is 0 Å². The lowest BCUT2D eigenvalue weighted by Crippen LogP contribution is -2.28. The van der Waals surface area contributed by atoms with Crippen LogP contribution in [0.1, 0.15) is 44.2 Å². The first kappa shape index (κ1) is 15.6. The van der Waals surface area contributed by atoms with Gasteiger partial charge in [-0.05, 0) is 19.4 Å². The molecule has 0 saturated heterocycles. The van der Waals surface area contributed by atoms with Crippen molar-refractivity contribution < 1.29 is 4.74 Å². The molecule has 0 spiro atoms. The fourth-order valence-electron chi connectivity index (χ4n) is 2.47.